The number of carbonyl (C=O) groups is 2. The topological polar surface area (TPSA) is 37.4 Å². The van der Waals surface area contributed by atoms with E-state index in [2.05, 4.69) is 26.0 Å². The molecule has 112 valence electrons. The first-order valence-corrected chi connectivity index (χ1v) is 8.31. The Labute approximate surface area is 130 Å². The normalized spacial score (nSPS) is 17.0. The van der Waals surface area contributed by atoms with E-state index in [0.717, 1.165) is 43.0 Å². The molecule has 0 saturated carbocycles. The molecule has 0 atom stereocenters. The molecule has 0 radical (unpaired) electrons. The zero-order valence-electron chi connectivity index (χ0n) is 12.6. The first kappa shape index (κ1) is 15.8. The van der Waals surface area contributed by atoms with E-state index >= 15 is 0 Å². The van der Waals surface area contributed by atoms with Crippen molar-refractivity contribution in [2.24, 2.45) is 0 Å². The largest absolute Gasteiger partial charge is 0.293 e. The zero-order valence-corrected chi connectivity index (χ0v) is 13.4. The van der Waals surface area contributed by atoms with E-state index in [1.54, 1.807) is 0 Å². The van der Waals surface area contributed by atoms with Crippen molar-refractivity contribution in [1.29, 1.82) is 0 Å². The molecular weight excluding hydrogens is 282 g/mol. The predicted octanol–water partition coefficient (Wildman–Crippen LogP) is 4.48. The summed E-state index contributed by atoms with van der Waals surface area (Å²) in [6.45, 7) is 4.74. The Morgan fingerprint density at radius 1 is 1.10 bits per heavy atom. The Hall–Kier alpha value is -1.55. The number of hydrogen-bond donors (Lipinski definition) is 0. The number of unbranched alkanes of at least 4 members (excludes halogenated alkanes) is 2. The molecule has 0 aliphatic carbocycles. The second-order valence-electron chi connectivity index (χ2n) is 5.14. The van der Waals surface area contributed by atoms with Gasteiger partial charge in [-0.1, -0.05) is 51.0 Å². The minimum atomic E-state index is -0.152. The van der Waals surface area contributed by atoms with Crippen molar-refractivity contribution in [3.05, 3.63) is 40.3 Å². The summed E-state index contributed by atoms with van der Waals surface area (Å²) in [5.74, 6) is -0.152. The highest BCUT2D eigenvalue weighted by Gasteiger charge is 2.34. The lowest BCUT2D eigenvalue weighted by molar-refractivity contribution is -0.122. The lowest BCUT2D eigenvalue weighted by Gasteiger charge is -2.11. The van der Waals surface area contributed by atoms with Gasteiger partial charge in [0.1, 0.15) is 0 Å². The van der Waals surface area contributed by atoms with E-state index in [9.17, 15) is 9.59 Å². The third kappa shape index (κ3) is 3.97. The van der Waals surface area contributed by atoms with Gasteiger partial charge in [-0.3, -0.25) is 14.5 Å². The number of rotatable bonds is 6. The number of thioether (sulfide) groups is 1. The van der Waals surface area contributed by atoms with Crippen LogP contribution in [0.3, 0.4) is 0 Å². The summed E-state index contributed by atoms with van der Waals surface area (Å²) in [4.78, 5) is 26.1. The number of hydrogen-bond acceptors (Lipinski definition) is 3. The van der Waals surface area contributed by atoms with E-state index in [0.29, 0.717) is 11.4 Å². The highest BCUT2D eigenvalue weighted by molar-refractivity contribution is 8.18. The van der Waals surface area contributed by atoms with Gasteiger partial charge in [0.2, 0.25) is 0 Å². The van der Waals surface area contributed by atoms with Crippen molar-refractivity contribution < 1.29 is 9.59 Å². The summed E-state index contributed by atoms with van der Waals surface area (Å²) in [7, 11) is 0. The fourth-order valence-corrected chi connectivity index (χ4v) is 3.08. The average Bonchev–Trinajstić information content (AvgIpc) is 2.75. The lowest BCUT2D eigenvalue weighted by atomic mass is 10.1. The van der Waals surface area contributed by atoms with Gasteiger partial charge in [-0.25, -0.2) is 0 Å². The fraction of sp³-hybridized carbons (Fsp3) is 0.412. The van der Waals surface area contributed by atoms with Crippen LogP contribution in [-0.2, 0) is 11.2 Å². The highest BCUT2D eigenvalue weighted by atomic mass is 32.2. The first-order valence-electron chi connectivity index (χ1n) is 7.50. The van der Waals surface area contributed by atoms with Crippen LogP contribution >= 0.6 is 11.8 Å². The van der Waals surface area contributed by atoms with Crippen LogP contribution in [0.4, 0.5) is 4.79 Å². The molecular formula is C17H21NO2S. The van der Waals surface area contributed by atoms with Gasteiger partial charge in [-0.2, -0.15) is 0 Å². The molecule has 2 amide bonds. The summed E-state index contributed by atoms with van der Waals surface area (Å²) in [5, 5.41) is -0.146. The summed E-state index contributed by atoms with van der Waals surface area (Å²) in [5.41, 5.74) is 2.23. The molecule has 1 aliphatic heterocycles. The molecule has 1 aliphatic rings. The second-order valence-corrected chi connectivity index (χ2v) is 6.13. The monoisotopic (exact) mass is 303 g/mol. The number of imide groups is 1. The molecule has 0 bridgehead atoms. The lowest BCUT2D eigenvalue weighted by Crippen LogP contribution is -2.29. The molecule has 1 saturated heterocycles. The standard InChI is InChI=1S/C17H21NO2S/c1-3-5-6-11-18-16(19)15(21-17(18)20)12-14-9-7-13(4-2)8-10-14/h7-10,12H,3-6,11H2,1-2H3/b15-12-. The van der Waals surface area contributed by atoms with Crippen LogP contribution in [0.1, 0.15) is 44.2 Å². The molecule has 1 aromatic rings. The van der Waals surface area contributed by atoms with E-state index in [1.807, 2.05) is 18.2 Å². The van der Waals surface area contributed by atoms with Gasteiger partial charge in [0.15, 0.2) is 0 Å². The number of amides is 2. The summed E-state index contributed by atoms with van der Waals surface area (Å²) in [6.07, 6.45) is 5.81. The Bertz CT molecular complexity index is 548. The molecule has 3 nitrogen and oxygen atoms in total. The summed E-state index contributed by atoms with van der Waals surface area (Å²) in [6, 6.07) is 8.09. The maximum atomic E-state index is 12.3. The number of carbonyl (C=O) groups excluding carboxylic acids is 2. The van der Waals surface area contributed by atoms with Gasteiger partial charge in [-0.15, -0.1) is 0 Å². The molecule has 0 N–H and O–H groups in total. The Morgan fingerprint density at radius 3 is 2.43 bits per heavy atom. The van der Waals surface area contributed by atoms with Gasteiger partial charge >= 0.3 is 0 Å². The van der Waals surface area contributed by atoms with Crippen molar-refractivity contribution in [3.63, 3.8) is 0 Å². The van der Waals surface area contributed by atoms with Gasteiger partial charge in [0, 0.05) is 6.54 Å². The Morgan fingerprint density at radius 2 is 1.81 bits per heavy atom. The van der Waals surface area contributed by atoms with Gasteiger partial charge in [0.25, 0.3) is 11.1 Å². The van der Waals surface area contributed by atoms with E-state index in [1.165, 1.54) is 10.5 Å². The van der Waals surface area contributed by atoms with Crippen molar-refractivity contribution in [2.75, 3.05) is 6.54 Å². The molecule has 1 heterocycles. The average molecular weight is 303 g/mol. The number of nitrogens with zero attached hydrogens (tertiary/aromatic N) is 1. The van der Waals surface area contributed by atoms with Crippen LogP contribution in [0.25, 0.3) is 6.08 Å². The van der Waals surface area contributed by atoms with Crippen molar-refractivity contribution in [2.45, 2.75) is 39.5 Å². The van der Waals surface area contributed by atoms with Gasteiger partial charge in [0.05, 0.1) is 4.91 Å². The van der Waals surface area contributed by atoms with Crippen LogP contribution in [0.2, 0.25) is 0 Å². The predicted molar refractivity (Wildman–Crippen MR) is 88.0 cm³/mol. The molecule has 0 unspecified atom stereocenters. The van der Waals surface area contributed by atoms with Crippen molar-refractivity contribution in [1.82, 2.24) is 4.90 Å². The van der Waals surface area contributed by atoms with E-state index < -0.39 is 0 Å². The van der Waals surface area contributed by atoms with Crippen molar-refractivity contribution >= 4 is 29.0 Å². The van der Waals surface area contributed by atoms with Crippen LogP contribution in [0.15, 0.2) is 29.2 Å². The Kier molecular flexibility index (Phi) is 5.62. The molecule has 0 aromatic heterocycles. The quantitative estimate of drug-likeness (QED) is 0.574. The molecule has 4 heteroatoms. The fourth-order valence-electron chi connectivity index (χ4n) is 2.21. The minimum absolute atomic E-state index is 0.146. The zero-order chi connectivity index (χ0) is 15.2. The summed E-state index contributed by atoms with van der Waals surface area (Å²) >= 11 is 1.04. The van der Waals surface area contributed by atoms with Crippen LogP contribution in [0.5, 0.6) is 0 Å². The maximum Gasteiger partial charge on any atom is 0.293 e. The first-order chi connectivity index (χ1) is 10.2. The molecule has 0 spiro atoms. The number of aryl methyl sites for hydroxylation is 1. The molecule has 1 fully saturated rings. The SMILES string of the molecule is CCCCCN1C(=O)S/C(=C\c2ccc(CC)cc2)C1=O. The second kappa shape index (κ2) is 7.46. The highest BCUT2D eigenvalue weighted by Crippen LogP contribution is 2.32. The summed E-state index contributed by atoms with van der Waals surface area (Å²) < 4.78 is 0. The van der Waals surface area contributed by atoms with Crippen molar-refractivity contribution in [3.8, 4) is 0 Å². The van der Waals surface area contributed by atoms with Crippen LogP contribution in [-0.4, -0.2) is 22.6 Å². The molecule has 1 aromatic carbocycles. The van der Waals surface area contributed by atoms with Crippen LogP contribution in [0, 0.1) is 0 Å². The smallest absolute Gasteiger partial charge is 0.268 e. The molecule has 2 rings (SSSR count). The van der Waals surface area contributed by atoms with Gasteiger partial charge < -0.3 is 0 Å². The molecule has 21 heavy (non-hydrogen) atoms. The number of benzene rings is 1. The van der Waals surface area contributed by atoms with Gasteiger partial charge in [-0.05, 0) is 41.8 Å². The maximum absolute atomic E-state index is 12.3. The van der Waals surface area contributed by atoms with Crippen LogP contribution < -0.4 is 0 Å². The minimum Gasteiger partial charge on any atom is -0.268 e. The van der Waals surface area contributed by atoms with E-state index in [4.69, 9.17) is 0 Å². The third-order valence-electron chi connectivity index (χ3n) is 3.54. The Balaban J connectivity index is 2.08. The third-order valence-corrected chi connectivity index (χ3v) is 4.45. The van der Waals surface area contributed by atoms with E-state index in [-0.39, 0.29) is 11.1 Å².